The Labute approximate surface area is 130 Å². The third-order valence-corrected chi connectivity index (χ3v) is 3.59. The number of ether oxygens (including phenoxy) is 1. The molecule has 7 nitrogen and oxygen atoms in total. The van der Waals surface area contributed by atoms with Crippen LogP contribution in [-0.2, 0) is 9.63 Å². The maximum absolute atomic E-state index is 11.6. The monoisotopic (exact) mass is 309 g/mol. The largest absolute Gasteiger partial charge is 0.496 e. The van der Waals surface area contributed by atoms with Crippen molar-refractivity contribution in [1.29, 1.82) is 0 Å². The van der Waals surface area contributed by atoms with Gasteiger partial charge < -0.3 is 14.0 Å². The molecule has 1 atom stereocenters. The minimum absolute atomic E-state index is 0.300. The third-order valence-electron chi connectivity index (χ3n) is 3.59. The third kappa shape index (κ3) is 2.22. The van der Waals surface area contributed by atoms with E-state index in [0.29, 0.717) is 34.4 Å². The minimum Gasteiger partial charge on any atom is -0.496 e. The highest BCUT2D eigenvalue weighted by atomic mass is 16.7. The second-order valence-electron chi connectivity index (χ2n) is 4.97. The Balaban J connectivity index is 1.68. The summed E-state index contributed by atoms with van der Waals surface area (Å²) in [5.41, 5.74) is 1.63. The number of rotatable bonds is 3. The number of carbonyl (C=O) groups excluding carboxylic acids is 1. The second kappa shape index (κ2) is 5.20. The zero-order valence-electron chi connectivity index (χ0n) is 12.1. The van der Waals surface area contributed by atoms with E-state index in [1.165, 1.54) is 0 Å². The van der Waals surface area contributed by atoms with Gasteiger partial charge in [0, 0.05) is 0 Å². The van der Waals surface area contributed by atoms with Gasteiger partial charge in [0.05, 0.1) is 24.2 Å². The van der Waals surface area contributed by atoms with E-state index in [9.17, 15) is 4.79 Å². The number of aromatic nitrogens is 2. The second-order valence-corrected chi connectivity index (χ2v) is 4.97. The normalized spacial score (nSPS) is 19.0. The highest BCUT2D eigenvalue weighted by Gasteiger charge is 2.29. The number of para-hydroxylation sites is 1. The highest BCUT2D eigenvalue weighted by Crippen LogP contribution is 2.32. The molecule has 0 saturated carbocycles. The Bertz CT molecular complexity index is 879. The first-order valence-electron chi connectivity index (χ1n) is 6.93. The zero-order valence-corrected chi connectivity index (χ0v) is 12.1. The number of nitrogens with zero attached hydrogens (tertiary/aromatic N) is 3. The fourth-order valence-corrected chi connectivity index (χ4v) is 2.45. The van der Waals surface area contributed by atoms with Gasteiger partial charge in [0.1, 0.15) is 11.5 Å². The number of hydrogen-bond donors (Lipinski definition) is 0. The van der Waals surface area contributed by atoms with Crippen LogP contribution in [0.25, 0.3) is 11.5 Å². The SMILES string of the molecule is COc1ccccc1-c1nnc(C2C=CC3=NOC(=O)C3=C2)o1. The Morgan fingerprint density at radius 1 is 1.22 bits per heavy atom. The Hall–Kier alpha value is -3.22. The van der Waals surface area contributed by atoms with Crippen LogP contribution in [0.1, 0.15) is 11.8 Å². The molecule has 1 aromatic carbocycles. The molecule has 0 fully saturated rings. The summed E-state index contributed by atoms with van der Waals surface area (Å²) in [6, 6.07) is 7.38. The molecule has 1 aromatic heterocycles. The van der Waals surface area contributed by atoms with Crippen molar-refractivity contribution in [3.05, 3.63) is 54.0 Å². The van der Waals surface area contributed by atoms with Crippen LogP contribution in [0.4, 0.5) is 0 Å². The highest BCUT2D eigenvalue weighted by molar-refractivity contribution is 6.27. The van der Waals surface area contributed by atoms with Gasteiger partial charge in [-0.05, 0) is 18.2 Å². The van der Waals surface area contributed by atoms with Crippen LogP contribution < -0.4 is 4.74 Å². The van der Waals surface area contributed by atoms with E-state index in [4.69, 9.17) is 9.15 Å². The standard InChI is InChI=1S/C16H11N3O4/c1-21-13-5-3-2-4-10(13)15-18-17-14(22-15)9-6-7-12-11(8-9)16(20)23-19-12/h2-9H,1H3. The predicted octanol–water partition coefficient (Wildman–Crippen LogP) is 2.24. The average Bonchev–Trinajstić information content (AvgIpc) is 3.22. The zero-order chi connectivity index (χ0) is 15.8. The molecule has 2 aliphatic rings. The smallest absolute Gasteiger partial charge is 0.367 e. The molecule has 2 heterocycles. The van der Waals surface area contributed by atoms with Crippen molar-refractivity contribution in [3.63, 3.8) is 0 Å². The number of oxime groups is 1. The molecule has 0 radical (unpaired) electrons. The molecule has 4 rings (SSSR count). The van der Waals surface area contributed by atoms with Crippen molar-refractivity contribution >= 4 is 11.7 Å². The maximum atomic E-state index is 11.6. The number of benzene rings is 1. The van der Waals surface area contributed by atoms with Crippen LogP contribution in [-0.4, -0.2) is 29.0 Å². The summed E-state index contributed by atoms with van der Waals surface area (Å²) in [7, 11) is 1.58. The van der Waals surface area contributed by atoms with E-state index in [1.54, 1.807) is 19.3 Å². The summed E-state index contributed by atoms with van der Waals surface area (Å²) < 4.78 is 11.0. The quantitative estimate of drug-likeness (QED) is 0.808. The van der Waals surface area contributed by atoms with Crippen LogP contribution >= 0.6 is 0 Å². The van der Waals surface area contributed by atoms with Crippen LogP contribution in [0.3, 0.4) is 0 Å². The lowest BCUT2D eigenvalue weighted by atomic mass is 9.96. The van der Waals surface area contributed by atoms with E-state index < -0.39 is 5.97 Å². The molecule has 23 heavy (non-hydrogen) atoms. The predicted molar refractivity (Wildman–Crippen MR) is 79.8 cm³/mol. The van der Waals surface area contributed by atoms with E-state index in [0.717, 1.165) is 0 Å². The van der Waals surface area contributed by atoms with E-state index >= 15 is 0 Å². The summed E-state index contributed by atoms with van der Waals surface area (Å²) in [5, 5.41) is 11.8. The molecule has 0 amide bonds. The lowest BCUT2D eigenvalue weighted by molar-refractivity contribution is -0.136. The molecule has 1 unspecified atom stereocenters. The number of hydrogen-bond acceptors (Lipinski definition) is 7. The van der Waals surface area contributed by atoms with Crippen LogP contribution in [0.15, 0.2) is 57.6 Å². The molecule has 0 spiro atoms. The van der Waals surface area contributed by atoms with Crippen molar-refractivity contribution in [3.8, 4) is 17.2 Å². The first-order chi connectivity index (χ1) is 11.3. The topological polar surface area (TPSA) is 86.8 Å². The van der Waals surface area contributed by atoms with Crippen molar-refractivity contribution in [2.24, 2.45) is 5.16 Å². The molecule has 0 bridgehead atoms. The molecule has 0 saturated heterocycles. The lowest BCUT2D eigenvalue weighted by Gasteiger charge is -2.08. The summed E-state index contributed by atoms with van der Waals surface area (Å²) in [5.74, 6) is 0.615. The Kier molecular flexibility index (Phi) is 3.04. The number of allylic oxidation sites excluding steroid dienone is 3. The van der Waals surface area contributed by atoms with Gasteiger partial charge in [-0.1, -0.05) is 29.4 Å². The summed E-state index contributed by atoms with van der Waals surface area (Å²) in [6.45, 7) is 0. The van der Waals surface area contributed by atoms with Gasteiger partial charge in [-0.2, -0.15) is 0 Å². The van der Waals surface area contributed by atoms with Gasteiger partial charge in [0.2, 0.25) is 5.89 Å². The molecule has 0 N–H and O–H groups in total. The average molecular weight is 309 g/mol. The van der Waals surface area contributed by atoms with Gasteiger partial charge in [0.15, 0.2) is 0 Å². The first-order valence-corrected chi connectivity index (χ1v) is 6.93. The van der Waals surface area contributed by atoms with Crippen molar-refractivity contribution < 1.29 is 18.8 Å². The maximum Gasteiger partial charge on any atom is 0.367 e. The van der Waals surface area contributed by atoms with E-state index in [-0.39, 0.29) is 5.92 Å². The van der Waals surface area contributed by atoms with Gasteiger partial charge in [-0.15, -0.1) is 10.2 Å². The molecule has 1 aliphatic carbocycles. The fourth-order valence-electron chi connectivity index (χ4n) is 2.45. The van der Waals surface area contributed by atoms with Gasteiger partial charge in [-0.3, -0.25) is 0 Å². The molecule has 114 valence electrons. The van der Waals surface area contributed by atoms with E-state index in [1.807, 2.05) is 30.3 Å². The van der Waals surface area contributed by atoms with E-state index in [2.05, 4.69) is 20.2 Å². The molecular weight excluding hydrogens is 298 g/mol. The van der Waals surface area contributed by atoms with Crippen LogP contribution in [0.2, 0.25) is 0 Å². The lowest BCUT2D eigenvalue weighted by Crippen LogP contribution is -2.10. The molecule has 1 aliphatic heterocycles. The molecular formula is C16H11N3O4. The van der Waals surface area contributed by atoms with Crippen molar-refractivity contribution in [2.75, 3.05) is 7.11 Å². The van der Waals surface area contributed by atoms with Gasteiger partial charge >= 0.3 is 5.97 Å². The van der Waals surface area contributed by atoms with Crippen molar-refractivity contribution in [2.45, 2.75) is 5.92 Å². The Morgan fingerprint density at radius 3 is 2.96 bits per heavy atom. The number of carbonyl (C=O) groups is 1. The van der Waals surface area contributed by atoms with Crippen LogP contribution in [0, 0.1) is 0 Å². The first kappa shape index (κ1) is 13.4. The number of methoxy groups -OCH3 is 1. The molecule has 7 heteroatoms. The summed E-state index contributed by atoms with van der Waals surface area (Å²) >= 11 is 0. The van der Waals surface area contributed by atoms with Crippen LogP contribution in [0.5, 0.6) is 5.75 Å². The Morgan fingerprint density at radius 2 is 2.09 bits per heavy atom. The fraction of sp³-hybridized carbons (Fsp3) is 0.125. The van der Waals surface area contributed by atoms with Crippen molar-refractivity contribution in [1.82, 2.24) is 10.2 Å². The minimum atomic E-state index is -0.473. The molecule has 2 aromatic rings. The van der Waals surface area contributed by atoms with Gasteiger partial charge in [0.25, 0.3) is 5.89 Å². The number of fused-ring (bicyclic) bond motifs is 1. The van der Waals surface area contributed by atoms with Gasteiger partial charge in [-0.25, -0.2) is 4.79 Å². The summed E-state index contributed by atoms with van der Waals surface area (Å²) in [6.07, 6.45) is 5.23. The summed E-state index contributed by atoms with van der Waals surface area (Å²) in [4.78, 5) is 16.2.